The molecule has 0 atom stereocenters. The van der Waals surface area contributed by atoms with Crippen molar-refractivity contribution in [3.05, 3.63) is 34.3 Å². The summed E-state index contributed by atoms with van der Waals surface area (Å²) in [7, 11) is -3.45. The second-order valence-corrected chi connectivity index (χ2v) is 7.58. The molecule has 0 spiro atoms. The molecule has 0 aliphatic rings. The Kier molecular flexibility index (Phi) is 3.17. The van der Waals surface area contributed by atoms with Crippen LogP contribution >= 0.6 is 23.1 Å². The monoisotopic (exact) mass is 282 g/mol. The fourth-order valence-electron chi connectivity index (χ4n) is 0.961. The summed E-state index contributed by atoms with van der Waals surface area (Å²) in [6.45, 7) is 2.18. The molecule has 0 aliphatic carbocycles. The fraction of sp³-hybridized carbons (Fsp3) is 0.333. The zero-order chi connectivity index (χ0) is 11.0. The molecule has 1 aromatic rings. The van der Waals surface area contributed by atoms with E-state index in [1.165, 1.54) is 24.3 Å². The van der Waals surface area contributed by atoms with Crippen LogP contribution in [0, 0.1) is 0 Å². The molecule has 1 rings (SSSR count). The Bertz CT molecular complexity index is 369. The van der Waals surface area contributed by atoms with Crippen molar-refractivity contribution < 1.29 is 13.3 Å². The topological polar surface area (TPSA) is 17.1 Å². The summed E-state index contributed by atoms with van der Waals surface area (Å²) >= 11 is 3.15. The third-order valence-electron chi connectivity index (χ3n) is 1.87. The van der Waals surface area contributed by atoms with Crippen molar-refractivity contribution in [2.45, 2.75) is 5.66 Å². The summed E-state index contributed by atoms with van der Waals surface area (Å²) in [6, 6.07) is 5.59. The molecule has 0 amide bonds. The smallest absolute Gasteiger partial charge is 0.317 e. The average molecular weight is 283 g/mol. The van der Waals surface area contributed by atoms with Gasteiger partial charge in [-0.05, 0) is 25.5 Å². The number of hydrogen-bond donors (Lipinski definition) is 0. The van der Waals surface area contributed by atoms with Crippen molar-refractivity contribution in [2.24, 2.45) is 0 Å². The molecule has 0 fully saturated rings. The maximum Gasteiger partial charge on any atom is 0.322 e. The molecule has 0 saturated heterocycles. The van der Waals surface area contributed by atoms with Gasteiger partial charge in [0, 0.05) is 10.0 Å². The first-order valence-corrected chi connectivity index (χ1v) is 7.33. The summed E-state index contributed by atoms with van der Waals surface area (Å²) in [5.41, 5.74) is -3.44. The van der Waals surface area contributed by atoms with Crippen LogP contribution < -0.4 is 0 Å². The van der Waals surface area contributed by atoms with Crippen LogP contribution in [-0.4, -0.2) is 13.3 Å². The summed E-state index contributed by atoms with van der Waals surface area (Å²) in [5.74, 6) is 0. The highest BCUT2D eigenvalue weighted by Gasteiger charge is 2.44. The van der Waals surface area contributed by atoms with E-state index in [0.29, 0.717) is 0 Å². The van der Waals surface area contributed by atoms with Gasteiger partial charge in [-0.1, -0.05) is 28.1 Å². The van der Waals surface area contributed by atoms with Gasteiger partial charge in [0.1, 0.15) is 0 Å². The summed E-state index contributed by atoms with van der Waals surface area (Å²) in [4.78, 5) is 0. The van der Waals surface area contributed by atoms with Crippen molar-refractivity contribution in [3.8, 4) is 0 Å². The van der Waals surface area contributed by atoms with Crippen LogP contribution in [0.15, 0.2) is 28.7 Å². The first kappa shape index (κ1) is 11.9. The van der Waals surface area contributed by atoms with Crippen LogP contribution in [0.25, 0.3) is 0 Å². The van der Waals surface area contributed by atoms with Gasteiger partial charge < -0.3 is 4.57 Å². The molecule has 0 saturated carbocycles. The Labute approximate surface area is 90.0 Å². The third-order valence-corrected chi connectivity index (χ3v) is 4.01. The quantitative estimate of drug-likeness (QED) is 0.746. The molecule has 0 radical (unpaired) electrons. The minimum Gasteiger partial charge on any atom is -0.317 e. The van der Waals surface area contributed by atoms with E-state index in [1.807, 2.05) is 0 Å². The summed E-state index contributed by atoms with van der Waals surface area (Å²) in [5, 5.41) is 0. The molecule has 0 aliphatic heterocycles. The highest BCUT2D eigenvalue weighted by molar-refractivity contribution is 9.10. The highest BCUT2D eigenvalue weighted by Crippen LogP contribution is 2.59. The van der Waals surface area contributed by atoms with Gasteiger partial charge in [0.15, 0.2) is 7.14 Å². The summed E-state index contributed by atoms with van der Waals surface area (Å²) in [6.07, 6.45) is 0. The lowest BCUT2D eigenvalue weighted by molar-refractivity contribution is 0.0893. The summed E-state index contributed by atoms with van der Waals surface area (Å²) < 4.78 is 39.1. The second-order valence-electron chi connectivity index (χ2n) is 3.40. The third kappa shape index (κ3) is 2.23. The van der Waals surface area contributed by atoms with E-state index in [4.69, 9.17) is 0 Å². The van der Waals surface area contributed by atoms with Crippen LogP contribution in [0.3, 0.4) is 0 Å². The van der Waals surface area contributed by atoms with E-state index >= 15 is 0 Å². The Morgan fingerprint density at radius 2 is 1.64 bits per heavy atom. The first-order chi connectivity index (χ1) is 6.25. The SMILES string of the molecule is CP(C)(=O)C(F)(F)c1ccc(Br)cc1. The van der Waals surface area contributed by atoms with Crippen LogP contribution in [0.1, 0.15) is 5.56 Å². The number of halogens is 3. The van der Waals surface area contributed by atoms with Gasteiger partial charge in [-0.3, -0.25) is 0 Å². The Hall–Kier alpha value is -0.210. The Balaban J connectivity index is 3.17. The van der Waals surface area contributed by atoms with Crippen molar-refractivity contribution in [3.63, 3.8) is 0 Å². The minimum atomic E-state index is -3.45. The largest absolute Gasteiger partial charge is 0.322 e. The maximum absolute atomic E-state index is 13.5. The van der Waals surface area contributed by atoms with Crippen molar-refractivity contribution >= 4 is 23.1 Å². The van der Waals surface area contributed by atoms with Gasteiger partial charge in [-0.25, -0.2) is 0 Å². The van der Waals surface area contributed by atoms with E-state index in [-0.39, 0.29) is 5.56 Å². The molecule has 1 nitrogen and oxygen atoms in total. The van der Waals surface area contributed by atoms with Crippen LogP contribution in [-0.2, 0) is 10.2 Å². The van der Waals surface area contributed by atoms with Crippen molar-refractivity contribution in [1.82, 2.24) is 0 Å². The number of alkyl halides is 2. The molecule has 14 heavy (non-hydrogen) atoms. The minimum absolute atomic E-state index is 0.200. The van der Waals surface area contributed by atoms with Gasteiger partial charge >= 0.3 is 5.66 Å². The van der Waals surface area contributed by atoms with Crippen LogP contribution in [0.2, 0.25) is 0 Å². The number of rotatable bonds is 2. The predicted octanol–water partition coefficient (Wildman–Crippen LogP) is 4.12. The highest BCUT2D eigenvalue weighted by atomic mass is 79.9. The molecule has 0 heterocycles. The predicted molar refractivity (Wildman–Crippen MR) is 57.5 cm³/mol. The van der Waals surface area contributed by atoms with Gasteiger partial charge in [-0.2, -0.15) is 8.78 Å². The first-order valence-electron chi connectivity index (χ1n) is 3.94. The Morgan fingerprint density at radius 3 is 2.00 bits per heavy atom. The van der Waals surface area contributed by atoms with Crippen LogP contribution in [0.4, 0.5) is 8.78 Å². The maximum atomic E-state index is 13.5. The molecule has 0 unspecified atom stereocenters. The fourth-order valence-corrected chi connectivity index (χ4v) is 2.00. The Morgan fingerprint density at radius 1 is 1.21 bits per heavy atom. The standard InChI is InChI=1S/C9H10BrF2OP/c1-14(2,13)9(11,12)7-3-5-8(10)6-4-7/h3-6H,1-2H3. The van der Waals surface area contributed by atoms with Gasteiger partial charge in [0.25, 0.3) is 0 Å². The molecule has 78 valence electrons. The number of hydrogen-bond acceptors (Lipinski definition) is 1. The molecule has 0 N–H and O–H groups in total. The number of benzene rings is 1. The van der Waals surface area contributed by atoms with E-state index in [2.05, 4.69) is 15.9 Å². The lowest BCUT2D eigenvalue weighted by Gasteiger charge is -2.21. The molecular formula is C9H10BrF2OP. The van der Waals surface area contributed by atoms with Gasteiger partial charge in [-0.15, -0.1) is 0 Å². The van der Waals surface area contributed by atoms with E-state index in [0.717, 1.165) is 17.8 Å². The zero-order valence-electron chi connectivity index (χ0n) is 7.80. The average Bonchev–Trinajstić information content (AvgIpc) is 2.03. The molecule has 0 aromatic heterocycles. The molecule has 5 heteroatoms. The lowest BCUT2D eigenvalue weighted by atomic mass is 10.2. The van der Waals surface area contributed by atoms with E-state index < -0.39 is 12.8 Å². The lowest BCUT2D eigenvalue weighted by Crippen LogP contribution is -2.12. The molecule has 0 bridgehead atoms. The second kappa shape index (κ2) is 3.74. The van der Waals surface area contributed by atoms with Gasteiger partial charge in [0.2, 0.25) is 0 Å². The van der Waals surface area contributed by atoms with Crippen molar-refractivity contribution in [2.75, 3.05) is 13.3 Å². The van der Waals surface area contributed by atoms with Crippen LogP contribution in [0.5, 0.6) is 0 Å². The molecule has 1 aromatic carbocycles. The normalized spacial score (nSPS) is 12.9. The van der Waals surface area contributed by atoms with E-state index in [9.17, 15) is 13.3 Å². The zero-order valence-corrected chi connectivity index (χ0v) is 10.3. The van der Waals surface area contributed by atoms with Gasteiger partial charge in [0.05, 0.1) is 0 Å². The van der Waals surface area contributed by atoms with Crippen molar-refractivity contribution in [1.29, 1.82) is 0 Å². The molecular weight excluding hydrogens is 273 g/mol. The van der Waals surface area contributed by atoms with E-state index in [1.54, 1.807) is 0 Å².